The summed E-state index contributed by atoms with van der Waals surface area (Å²) in [5.74, 6) is 1.06. The Morgan fingerprint density at radius 3 is 2.27 bits per heavy atom. The van der Waals surface area contributed by atoms with E-state index in [1.807, 2.05) is 19.1 Å². The van der Waals surface area contributed by atoms with Gasteiger partial charge in [0.2, 0.25) is 10.0 Å². The topological polar surface area (TPSA) is 64.6 Å². The Balaban J connectivity index is 2.17. The van der Waals surface area contributed by atoms with E-state index in [-0.39, 0.29) is 11.4 Å². The van der Waals surface area contributed by atoms with Crippen molar-refractivity contribution in [2.24, 2.45) is 0 Å². The van der Waals surface area contributed by atoms with Gasteiger partial charge in [-0.15, -0.1) is 0 Å². The largest absolute Gasteiger partial charge is 0.497 e. The third-order valence-electron chi connectivity index (χ3n) is 3.23. The summed E-state index contributed by atoms with van der Waals surface area (Å²) in [5, 5.41) is 0. The molecule has 6 heteroatoms. The molecule has 0 atom stereocenters. The molecule has 118 valence electrons. The number of benzene rings is 2. The lowest BCUT2D eigenvalue weighted by atomic mass is 10.2. The number of aryl methyl sites for hydroxylation is 1. The molecular formula is C16H19NO4S. The van der Waals surface area contributed by atoms with Crippen LogP contribution in [0.4, 0.5) is 0 Å². The van der Waals surface area contributed by atoms with Crippen LogP contribution in [0.5, 0.6) is 11.5 Å². The normalized spacial score (nSPS) is 11.2. The maximum atomic E-state index is 12.4. The van der Waals surface area contributed by atoms with Crippen LogP contribution in [0.25, 0.3) is 0 Å². The molecule has 0 unspecified atom stereocenters. The Bertz CT molecular complexity index is 739. The second-order valence-corrected chi connectivity index (χ2v) is 6.56. The lowest BCUT2D eigenvalue weighted by Crippen LogP contribution is -2.23. The molecule has 0 aliphatic heterocycles. The van der Waals surface area contributed by atoms with Crippen LogP contribution in [-0.2, 0) is 16.6 Å². The zero-order valence-electron chi connectivity index (χ0n) is 12.8. The molecule has 0 aliphatic rings. The fraction of sp³-hybridized carbons (Fsp3) is 0.250. The predicted molar refractivity (Wildman–Crippen MR) is 84.8 cm³/mol. The molecule has 0 radical (unpaired) electrons. The van der Waals surface area contributed by atoms with Gasteiger partial charge in [0.1, 0.15) is 16.4 Å². The highest BCUT2D eigenvalue weighted by Gasteiger charge is 2.19. The second-order valence-electron chi connectivity index (χ2n) is 4.83. The number of methoxy groups -OCH3 is 2. The van der Waals surface area contributed by atoms with Crippen molar-refractivity contribution < 1.29 is 17.9 Å². The Morgan fingerprint density at radius 1 is 1.00 bits per heavy atom. The number of ether oxygens (including phenoxy) is 2. The summed E-state index contributed by atoms with van der Waals surface area (Å²) >= 11 is 0. The highest BCUT2D eigenvalue weighted by Crippen LogP contribution is 2.24. The molecule has 0 bridgehead atoms. The van der Waals surface area contributed by atoms with Crippen molar-refractivity contribution in [3.8, 4) is 11.5 Å². The molecule has 2 aromatic rings. The monoisotopic (exact) mass is 321 g/mol. The van der Waals surface area contributed by atoms with E-state index in [0.717, 1.165) is 16.9 Å². The van der Waals surface area contributed by atoms with Crippen molar-refractivity contribution in [1.29, 1.82) is 0 Å². The SMILES string of the molecule is COc1ccc(CNS(=O)(=O)c2ccc(C)cc2OC)cc1. The molecule has 0 fully saturated rings. The highest BCUT2D eigenvalue weighted by atomic mass is 32.2. The van der Waals surface area contributed by atoms with Crippen molar-refractivity contribution >= 4 is 10.0 Å². The van der Waals surface area contributed by atoms with Crippen LogP contribution in [-0.4, -0.2) is 22.6 Å². The fourth-order valence-electron chi connectivity index (χ4n) is 2.00. The fourth-order valence-corrected chi connectivity index (χ4v) is 3.16. The zero-order chi connectivity index (χ0) is 16.2. The van der Waals surface area contributed by atoms with Gasteiger partial charge in [0.25, 0.3) is 0 Å². The van der Waals surface area contributed by atoms with E-state index < -0.39 is 10.0 Å². The first-order valence-corrected chi connectivity index (χ1v) is 8.22. The molecule has 0 aliphatic carbocycles. The number of rotatable bonds is 6. The summed E-state index contributed by atoms with van der Waals surface area (Å²) in [6.07, 6.45) is 0. The van der Waals surface area contributed by atoms with Gasteiger partial charge in [-0.3, -0.25) is 0 Å². The maximum Gasteiger partial charge on any atom is 0.244 e. The van der Waals surface area contributed by atoms with E-state index in [1.54, 1.807) is 37.4 Å². The van der Waals surface area contributed by atoms with Crippen LogP contribution in [0.2, 0.25) is 0 Å². The Morgan fingerprint density at radius 2 is 1.68 bits per heavy atom. The minimum absolute atomic E-state index is 0.133. The Labute approximate surface area is 130 Å². The van der Waals surface area contributed by atoms with Gasteiger partial charge >= 0.3 is 0 Å². The lowest BCUT2D eigenvalue weighted by Gasteiger charge is -2.11. The summed E-state index contributed by atoms with van der Waals surface area (Å²) in [4.78, 5) is 0.133. The Hall–Kier alpha value is -2.05. The summed E-state index contributed by atoms with van der Waals surface area (Å²) in [6, 6.07) is 12.2. The first-order chi connectivity index (χ1) is 10.5. The molecule has 5 nitrogen and oxygen atoms in total. The van der Waals surface area contributed by atoms with E-state index in [0.29, 0.717) is 5.75 Å². The molecule has 0 heterocycles. The van der Waals surface area contributed by atoms with Crippen molar-refractivity contribution in [3.63, 3.8) is 0 Å². The molecule has 1 N–H and O–H groups in total. The van der Waals surface area contributed by atoms with Crippen molar-refractivity contribution in [2.75, 3.05) is 14.2 Å². The predicted octanol–water partition coefficient (Wildman–Crippen LogP) is 2.49. The highest BCUT2D eigenvalue weighted by molar-refractivity contribution is 7.89. The molecule has 0 spiro atoms. The molecule has 2 aromatic carbocycles. The lowest BCUT2D eigenvalue weighted by molar-refractivity contribution is 0.402. The van der Waals surface area contributed by atoms with Gasteiger partial charge < -0.3 is 9.47 Å². The van der Waals surface area contributed by atoms with E-state index in [9.17, 15) is 8.42 Å². The molecule has 2 rings (SSSR count). The quantitative estimate of drug-likeness (QED) is 0.888. The number of nitrogens with one attached hydrogen (secondary N) is 1. The van der Waals surface area contributed by atoms with Crippen molar-refractivity contribution in [3.05, 3.63) is 53.6 Å². The van der Waals surface area contributed by atoms with Gasteiger partial charge in [-0.25, -0.2) is 13.1 Å². The average Bonchev–Trinajstić information content (AvgIpc) is 2.53. The number of sulfonamides is 1. The van der Waals surface area contributed by atoms with Crippen LogP contribution in [0, 0.1) is 6.92 Å². The minimum atomic E-state index is -3.64. The smallest absolute Gasteiger partial charge is 0.244 e. The van der Waals surface area contributed by atoms with Gasteiger partial charge in [-0.1, -0.05) is 18.2 Å². The Kier molecular flexibility index (Phi) is 5.05. The molecule has 22 heavy (non-hydrogen) atoms. The van der Waals surface area contributed by atoms with Crippen molar-refractivity contribution in [1.82, 2.24) is 4.72 Å². The maximum absolute atomic E-state index is 12.4. The molecule has 0 saturated carbocycles. The van der Waals surface area contributed by atoms with Gasteiger partial charge in [0, 0.05) is 6.54 Å². The minimum Gasteiger partial charge on any atom is -0.497 e. The average molecular weight is 321 g/mol. The van der Waals surface area contributed by atoms with E-state index >= 15 is 0 Å². The summed E-state index contributed by atoms with van der Waals surface area (Å²) < 4.78 is 37.6. The van der Waals surface area contributed by atoms with E-state index in [4.69, 9.17) is 9.47 Å². The standard InChI is InChI=1S/C16H19NO4S/c1-12-4-9-16(15(10-12)21-3)22(18,19)17-11-13-5-7-14(20-2)8-6-13/h4-10,17H,11H2,1-3H3. The molecule has 0 aromatic heterocycles. The number of hydrogen-bond acceptors (Lipinski definition) is 4. The van der Waals surface area contributed by atoms with Crippen LogP contribution >= 0.6 is 0 Å². The second kappa shape index (κ2) is 6.81. The van der Waals surface area contributed by atoms with E-state index in [2.05, 4.69) is 4.72 Å². The van der Waals surface area contributed by atoms with Crippen LogP contribution in [0.15, 0.2) is 47.4 Å². The summed E-state index contributed by atoms with van der Waals surface area (Å²) in [7, 11) is -0.600. The van der Waals surface area contributed by atoms with Crippen LogP contribution in [0.1, 0.15) is 11.1 Å². The van der Waals surface area contributed by atoms with Gasteiger partial charge in [-0.05, 0) is 42.3 Å². The van der Waals surface area contributed by atoms with Crippen LogP contribution < -0.4 is 14.2 Å². The van der Waals surface area contributed by atoms with Crippen molar-refractivity contribution in [2.45, 2.75) is 18.4 Å². The number of hydrogen-bond donors (Lipinski definition) is 1. The molecule has 0 amide bonds. The van der Waals surface area contributed by atoms with Gasteiger partial charge in [0.05, 0.1) is 14.2 Å². The molecule has 0 saturated heterocycles. The third kappa shape index (κ3) is 3.78. The first kappa shape index (κ1) is 16.3. The zero-order valence-corrected chi connectivity index (χ0v) is 13.6. The van der Waals surface area contributed by atoms with Crippen LogP contribution in [0.3, 0.4) is 0 Å². The third-order valence-corrected chi connectivity index (χ3v) is 4.67. The first-order valence-electron chi connectivity index (χ1n) is 6.73. The summed E-state index contributed by atoms with van der Waals surface area (Å²) in [5.41, 5.74) is 1.78. The van der Waals surface area contributed by atoms with Gasteiger partial charge in [-0.2, -0.15) is 0 Å². The van der Waals surface area contributed by atoms with Gasteiger partial charge in [0.15, 0.2) is 0 Å². The molecular weight excluding hydrogens is 302 g/mol. The summed E-state index contributed by atoms with van der Waals surface area (Å²) in [6.45, 7) is 2.08. The van der Waals surface area contributed by atoms with E-state index in [1.165, 1.54) is 7.11 Å².